The smallest absolute Gasteiger partial charge is 0.321 e. The molecule has 0 unspecified atom stereocenters. The van der Waals surface area contributed by atoms with Crippen LogP contribution in [0.1, 0.15) is 5.56 Å². The van der Waals surface area contributed by atoms with Gasteiger partial charge < -0.3 is 18.9 Å². The minimum atomic E-state index is -0.414. The van der Waals surface area contributed by atoms with Gasteiger partial charge in [0.1, 0.15) is 13.2 Å². The molecule has 0 amide bonds. The molecule has 0 bridgehead atoms. The number of nitrogens with zero attached hydrogens (tertiary/aromatic N) is 1. The quantitative estimate of drug-likeness (QED) is 0.462. The lowest BCUT2D eigenvalue weighted by atomic mass is 10.2. The van der Waals surface area contributed by atoms with Crippen LogP contribution >= 0.6 is 11.8 Å². The maximum atomic E-state index is 12.1. The van der Waals surface area contributed by atoms with Crippen LogP contribution in [-0.4, -0.2) is 32.0 Å². The Morgan fingerprint density at radius 2 is 1.96 bits per heavy atom. The molecule has 3 rings (SSSR count). The highest BCUT2D eigenvalue weighted by molar-refractivity contribution is 8.00. The van der Waals surface area contributed by atoms with E-state index in [1.807, 2.05) is 24.3 Å². The number of hydrogen-bond donors (Lipinski definition) is 0. The van der Waals surface area contributed by atoms with Gasteiger partial charge in [0.25, 0.3) is 0 Å². The Hall–Kier alpha value is -2.85. The molecule has 25 heavy (non-hydrogen) atoms. The van der Waals surface area contributed by atoms with Crippen LogP contribution < -0.4 is 18.9 Å². The fourth-order valence-corrected chi connectivity index (χ4v) is 2.93. The van der Waals surface area contributed by atoms with E-state index in [1.54, 1.807) is 12.1 Å². The van der Waals surface area contributed by atoms with Crippen LogP contribution in [0.3, 0.4) is 0 Å². The highest BCUT2D eigenvalue weighted by Gasteiger charge is 2.14. The normalized spacial score (nSPS) is 12.2. The molecule has 0 saturated carbocycles. The number of benzene rings is 2. The summed E-state index contributed by atoms with van der Waals surface area (Å²) in [5.41, 5.74) is 0.433. The van der Waals surface area contributed by atoms with Crippen LogP contribution in [0.5, 0.6) is 23.0 Å². The van der Waals surface area contributed by atoms with Crippen molar-refractivity contribution in [2.45, 2.75) is 4.90 Å². The fraction of sp³-hybridized carbons (Fsp3) is 0.222. The molecule has 2 aromatic carbocycles. The van der Waals surface area contributed by atoms with Crippen molar-refractivity contribution in [2.24, 2.45) is 0 Å². The van der Waals surface area contributed by atoms with Crippen molar-refractivity contribution in [3.05, 3.63) is 42.0 Å². The molecule has 0 N–H and O–H groups in total. The van der Waals surface area contributed by atoms with Gasteiger partial charge in [-0.25, -0.2) is 0 Å². The number of rotatable bonds is 5. The summed E-state index contributed by atoms with van der Waals surface area (Å²) in [7, 11) is 1.46. The molecule has 128 valence electrons. The molecule has 1 heterocycles. The molecular formula is C18H15NO5S. The molecule has 0 spiro atoms. The topological polar surface area (TPSA) is 77.8 Å². The molecule has 7 heteroatoms. The first-order valence-corrected chi connectivity index (χ1v) is 8.49. The Bertz CT molecular complexity index is 831. The van der Waals surface area contributed by atoms with Crippen molar-refractivity contribution in [3.63, 3.8) is 0 Å². The van der Waals surface area contributed by atoms with Crippen LogP contribution in [0.15, 0.2) is 41.3 Å². The highest BCUT2D eigenvalue weighted by Crippen LogP contribution is 2.34. The van der Waals surface area contributed by atoms with E-state index in [4.69, 9.17) is 24.2 Å². The second-order valence-corrected chi connectivity index (χ2v) is 6.09. The van der Waals surface area contributed by atoms with Crippen LogP contribution in [0, 0.1) is 11.3 Å². The summed E-state index contributed by atoms with van der Waals surface area (Å²) in [6.45, 7) is 1.06. The summed E-state index contributed by atoms with van der Waals surface area (Å²) in [4.78, 5) is 13.0. The third-order valence-corrected chi connectivity index (χ3v) is 4.35. The van der Waals surface area contributed by atoms with Gasteiger partial charge in [0.2, 0.25) is 0 Å². The predicted molar refractivity (Wildman–Crippen MR) is 91.5 cm³/mol. The zero-order valence-electron chi connectivity index (χ0n) is 13.5. The lowest BCUT2D eigenvalue weighted by Crippen LogP contribution is -2.15. The van der Waals surface area contributed by atoms with E-state index in [-0.39, 0.29) is 11.5 Å². The molecule has 2 aromatic rings. The SMILES string of the molecule is COc1cc(C#N)ccc1OC(=O)CSc1ccc2c(c1)OCCO2. The summed E-state index contributed by atoms with van der Waals surface area (Å²) in [5.74, 6) is 1.73. The van der Waals surface area contributed by atoms with Gasteiger partial charge in [-0.3, -0.25) is 4.79 Å². The zero-order valence-corrected chi connectivity index (χ0v) is 14.3. The summed E-state index contributed by atoms with van der Waals surface area (Å²) < 4.78 is 21.5. The average Bonchev–Trinajstić information content (AvgIpc) is 2.66. The Labute approximate surface area is 149 Å². The first-order valence-electron chi connectivity index (χ1n) is 7.51. The van der Waals surface area contributed by atoms with Gasteiger partial charge in [0, 0.05) is 11.0 Å². The summed E-state index contributed by atoms with van der Waals surface area (Å²) >= 11 is 1.34. The van der Waals surface area contributed by atoms with Crippen LogP contribution in [0.2, 0.25) is 0 Å². The van der Waals surface area contributed by atoms with Gasteiger partial charge in [-0.15, -0.1) is 11.8 Å². The maximum absolute atomic E-state index is 12.1. The first kappa shape index (κ1) is 17.0. The molecule has 6 nitrogen and oxygen atoms in total. The number of methoxy groups -OCH3 is 1. The number of thioether (sulfide) groups is 1. The molecule has 0 aliphatic carbocycles. The van der Waals surface area contributed by atoms with Crippen molar-refractivity contribution in [1.29, 1.82) is 5.26 Å². The fourth-order valence-electron chi connectivity index (χ4n) is 2.23. The van der Waals surface area contributed by atoms with E-state index in [2.05, 4.69) is 0 Å². The second-order valence-electron chi connectivity index (χ2n) is 5.05. The lowest BCUT2D eigenvalue weighted by Gasteiger charge is -2.18. The van der Waals surface area contributed by atoms with Crippen molar-refractivity contribution >= 4 is 17.7 Å². The number of nitriles is 1. The number of carbonyl (C=O) groups is 1. The molecule has 0 radical (unpaired) electrons. The van der Waals surface area contributed by atoms with E-state index in [0.717, 1.165) is 4.90 Å². The molecule has 0 aromatic heterocycles. The predicted octanol–water partition coefficient (Wildman–Crippen LogP) is 3.04. The molecular weight excluding hydrogens is 342 g/mol. The van der Waals surface area contributed by atoms with Gasteiger partial charge in [0.15, 0.2) is 23.0 Å². The molecule has 0 fully saturated rings. The van der Waals surface area contributed by atoms with Crippen LogP contribution in [0.25, 0.3) is 0 Å². The Kier molecular flexibility index (Phi) is 5.31. The Balaban J connectivity index is 1.61. The number of esters is 1. The largest absolute Gasteiger partial charge is 0.493 e. The average molecular weight is 357 g/mol. The number of ether oxygens (including phenoxy) is 4. The Morgan fingerprint density at radius 1 is 1.16 bits per heavy atom. The second kappa shape index (κ2) is 7.81. The number of hydrogen-bond acceptors (Lipinski definition) is 7. The molecule has 0 atom stereocenters. The molecule has 0 saturated heterocycles. The van der Waals surface area contributed by atoms with Gasteiger partial charge in [-0.1, -0.05) is 0 Å². The van der Waals surface area contributed by atoms with Crippen molar-refractivity contribution in [2.75, 3.05) is 26.1 Å². The van der Waals surface area contributed by atoms with E-state index >= 15 is 0 Å². The summed E-state index contributed by atoms with van der Waals surface area (Å²) in [6.07, 6.45) is 0. The van der Waals surface area contributed by atoms with E-state index in [1.165, 1.54) is 24.9 Å². The van der Waals surface area contributed by atoms with E-state index in [0.29, 0.717) is 36.0 Å². The lowest BCUT2D eigenvalue weighted by molar-refractivity contribution is -0.131. The van der Waals surface area contributed by atoms with Crippen molar-refractivity contribution in [3.8, 4) is 29.1 Å². The van der Waals surface area contributed by atoms with Crippen molar-refractivity contribution < 1.29 is 23.7 Å². The Morgan fingerprint density at radius 3 is 2.72 bits per heavy atom. The van der Waals surface area contributed by atoms with E-state index < -0.39 is 5.97 Å². The van der Waals surface area contributed by atoms with Crippen LogP contribution in [0.4, 0.5) is 0 Å². The van der Waals surface area contributed by atoms with E-state index in [9.17, 15) is 4.79 Å². The van der Waals surface area contributed by atoms with Gasteiger partial charge in [0.05, 0.1) is 24.5 Å². The molecule has 1 aliphatic rings. The van der Waals surface area contributed by atoms with Gasteiger partial charge >= 0.3 is 5.97 Å². The minimum absolute atomic E-state index is 0.128. The van der Waals surface area contributed by atoms with Gasteiger partial charge in [-0.2, -0.15) is 5.26 Å². The first-order chi connectivity index (χ1) is 12.2. The monoisotopic (exact) mass is 357 g/mol. The number of carbonyl (C=O) groups excluding carboxylic acids is 1. The molecule has 1 aliphatic heterocycles. The van der Waals surface area contributed by atoms with Crippen LogP contribution in [-0.2, 0) is 4.79 Å². The third kappa shape index (κ3) is 4.17. The third-order valence-electron chi connectivity index (χ3n) is 3.39. The standard InChI is InChI=1S/C18H15NO5S/c1-21-16-8-12(10-19)2-4-15(16)24-18(20)11-25-13-3-5-14-17(9-13)23-7-6-22-14/h2-5,8-9H,6-7,11H2,1H3. The maximum Gasteiger partial charge on any atom is 0.321 e. The van der Waals surface area contributed by atoms with Gasteiger partial charge in [-0.05, 0) is 30.3 Å². The summed E-state index contributed by atoms with van der Waals surface area (Å²) in [5, 5.41) is 8.89. The zero-order chi connectivity index (χ0) is 17.6. The minimum Gasteiger partial charge on any atom is -0.493 e. The summed E-state index contributed by atoms with van der Waals surface area (Å²) in [6, 6.07) is 12.2. The highest BCUT2D eigenvalue weighted by atomic mass is 32.2. The van der Waals surface area contributed by atoms with Crippen molar-refractivity contribution in [1.82, 2.24) is 0 Å². The number of fused-ring (bicyclic) bond motifs is 1.